The summed E-state index contributed by atoms with van der Waals surface area (Å²) in [6, 6.07) is 24.9. The number of hydrazone groups is 1. The van der Waals surface area contributed by atoms with Gasteiger partial charge >= 0.3 is 5.97 Å². The lowest BCUT2D eigenvalue weighted by Crippen LogP contribution is -2.19. The van der Waals surface area contributed by atoms with E-state index in [1.807, 2.05) is 36.4 Å². The molecule has 0 aliphatic heterocycles. The Bertz CT molecular complexity index is 1760. The number of rotatable bonds is 7. The Morgan fingerprint density at radius 3 is 2.52 bits per heavy atom. The summed E-state index contributed by atoms with van der Waals surface area (Å²) in [5.74, 6) is -0.720. The molecule has 1 aromatic heterocycles. The van der Waals surface area contributed by atoms with E-state index in [2.05, 4.69) is 38.4 Å². The van der Waals surface area contributed by atoms with Gasteiger partial charge in [-0.1, -0.05) is 82.5 Å². The molecule has 200 valence electrons. The van der Waals surface area contributed by atoms with Gasteiger partial charge in [0.1, 0.15) is 11.4 Å². The van der Waals surface area contributed by atoms with Crippen LogP contribution in [0.25, 0.3) is 22.0 Å². The number of aromatic nitrogens is 1. The van der Waals surface area contributed by atoms with Crippen molar-refractivity contribution in [3.63, 3.8) is 0 Å². The van der Waals surface area contributed by atoms with E-state index in [1.165, 1.54) is 6.21 Å². The Kier molecular flexibility index (Phi) is 8.35. The first-order valence-electron chi connectivity index (χ1n) is 12.3. The summed E-state index contributed by atoms with van der Waals surface area (Å²) in [7, 11) is 0. The molecule has 0 radical (unpaired) electrons. The molecular formula is C31H22BrCl2N3O3. The Morgan fingerprint density at radius 1 is 1.00 bits per heavy atom. The number of H-pyrrole nitrogens is 1. The average Bonchev–Trinajstić information content (AvgIpc) is 3.34. The van der Waals surface area contributed by atoms with Crippen molar-refractivity contribution in [1.29, 1.82) is 0 Å². The quantitative estimate of drug-likeness (QED) is 0.0815. The third-order valence-electron chi connectivity index (χ3n) is 6.30. The maximum Gasteiger partial charge on any atom is 0.343 e. The molecule has 0 unspecified atom stereocenters. The van der Waals surface area contributed by atoms with Gasteiger partial charge in [-0.25, -0.2) is 10.2 Å². The fraction of sp³-hybridized carbons (Fsp3) is 0.0645. The van der Waals surface area contributed by atoms with Crippen molar-refractivity contribution < 1.29 is 14.3 Å². The monoisotopic (exact) mass is 633 g/mol. The van der Waals surface area contributed by atoms with Crippen LogP contribution in [0.1, 0.15) is 38.9 Å². The highest BCUT2D eigenvalue weighted by Gasteiger charge is 2.22. The SMILES string of the molecule is CCc1cccc2c(-c3ccccc3Cl)c(C(=O)NN=Cc3cc(Br)ccc3OC(=O)c3ccc(Cl)cc3)[nH]c12. The minimum absolute atomic E-state index is 0.274. The molecule has 0 saturated carbocycles. The van der Waals surface area contributed by atoms with Crippen molar-refractivity contribution in [2.75, 3.05) is 0 Å². The fourth-order valence-electron chi connectivity index (χ4n) is 4.36. The molecule has 2 N–H and O–H groups in total. The van der Waals surface area contributed by atoms with Crippen LogP contribution in [0.5, 0.6) is 5.75 Å². The van der Waals surface area contributed by atoms with E-state index in [1.54, 1.807) is 48.5 Å². The first-order valence-corrected chi connectivity index (χ1v) is 13.9. The van der Waals surface area contributed by atoms with Crippen molar-refractivity contribution in [2.24, 2.45) is 5.10 Å². The van der Waals surface area contributed by atoms with E-state index in [9.17, 15) is 9.59 Å². The zero-order valence-corrected chi connectivity index (χ0v) is 24.3. The van der Waals surface area contributed by atoms with Crippen molar-refractivity contribution in [2.45, 2.75) is 13.3 Å². The molecular weight excluding hydrogens is 613 g/mol. The number of esters is 1. The summed E-state index contributed by atoms with van der Waals surface area (Å²) < 4.78 is 6.34. The third kappa shape index (κ3) is 5.82. The van der Waals surface area contributed by atoms with Crippen LogP contribution in [-0.2, 0) is 6.42 Å². The van der Waals surface area contributed by atoms with Gasteiger partial charge in [-0.05, 0) is 60.5 Å². The molecule has 0 spiro atoms. The van der Waals surface area contributed by atoms with Gasteiger partial charge in [0, 0.05) is 42.1 Å². The molecule has 0 aliphatic rings. The zero-order valence-electron chi connectivity index (χ0n) is 21.2. The molecule has 0 aliphatic carbocycles. The maximum atomic E-state index is 13.4. The smallest absolute Gasteiger partial charge is 0.343 e. The van der Waals surface area contributed by atoms with Crippen LogP contribution in [0.15, 0.2) is 94.5 Å². The molecule has 0 bridgehead atoms. The van der Waals surface area contributed by atoms with Gasteiger partial charge < -0.3 is 9.72 Å². The Balaban J connectivity index is 1.44. The van der Waals surface area contributed by atoms with E-state index in [-0.39, 0.29) is 5.75 Å². The Hall–Kier alpha value is -3.91. The highest BCUT2D eigenvalue weighted by Crippen LogP contribution is 2.37. The fourth-order valence-corrected chi connectivity index (χ4v) is 5.10. The van der Waals surface area contributed by atoms with Gasteiger partial charge in [0.25, 0.3) is 5.91 Å². The number of nitrogens with one attached hydrogen (secondary N) is 2. The van der Waals surface area contributed by atoms with Crippen LogP contribution in [0.4, 0.5) is 0 Å². The molecule has 5 rings (SSSR count). The predicted molar refractivity (Wildman–Crippen MR) is 164 cm³/mol. The number of halogens is 3. The number of para-hydroxylation sites is 1. The first kappa shape index (κ1) is 27.6. The van der Waals surface area contributed by atoms with Gasteiger partial charge in [0.2, 0.25) is 0 Å². The number of aromatic amines is 1. The van der Waals surface area contributed by atoms with Crippen LogP contribution in [0.3, 0.4) is 0 Å². The number of carbonyl (C=O) groups is 2. The molecule has 40 heavy (non-hydrogen) atoms. The number of carbonyl (C=O) groups excluding carboxylic acids is 2. The van der Waals surface area contributed by atoms with Crippen molar-refractivity contribution >= 4 is 68.1 Å². The minimum atomic E-state index is -0.549. The number of hydrogen-bond acceptors (Lipinski definition) is 4. The number of fused-ring (bicyclic) bond motifs is 1. The molecule has 0 fully saturated rings. The molecule has 9 heteroatoms. The maximum absolute atomic E-state index is 13.4. The summed E-state index contributed by atoms with van der Waals surface area (Å²) in [6.07, 6.45) is 2.21. The lowest BCUT2D eigenvalue weighted by atomic mass is 9.99. The van der Waals surface area contributed by atoms with Crippen molar-refractivity contribution in [1.82, 2.24) is 10.4 Å². The van der Waals surface area contributed by atoms with Gasteiger partial charge in [0.15, 0.2) is 0 Å². The normalized spacial score (nSPS) is 11.2. The van der Waals surface area contributed by atoms with E-state index in [0.717, 1.165) is 32.9 Å². The molecule has 0 atom stereocenters. The highest BCUT2D eigenvalue weighted by atomic mass is 79.9. The van der Waals surface area contributed by atoms with Crippen LogP contribution in [0.2, 0.25) is 10.0 Å². The third-order valence-corrected chi connectivity index (χ3v) is 7.37. The van der Waals surface area contributed by atoms with E-state index in [4.69, 9.17) is 27.9 Å². The summed E-state index contributed by atoms with van der Waals surface area (Å²) in [6.45, 7) is 2.06. The van der Waals surface area contributed by atoms with Gasteiger partial charge in [-0.3, -0.25) is 4.79 Å². The Morgan fingerprint density at radius 2 is 1.77 bits per heavy atom. The topological polar surface area (TPSA) is 83.5 Å². The number of hydrogen-bond donors (Lipinski definition) is 2. The molecule has 0 saturated heterocycles. The van der Waals surface area contributed by atoms with E-state index in [0.29, 0.717) is 32.4 Å². The van der Waals surface area contributed by atoms with Crippen LogP contribution in [0, 0.1) is 0 Å². The average molecular weight is 635 g/mol. The van der Waals surface area contributed by atoms with Gasteiger partial charge in [-0.2, -0.15) is 5.10 Å². The largest absolute Gasteiger partial charge is 0.422 e. The molecule has 6 nitrogen and oxygen atoms in total. The second-order valence-corrected chi connectivity index (χ2v) is 10.6. The van der Waals surface area contributed by atoms with Crippen LogP contribution < -0.4 is 10.2 Å². The number of benzene rings is 4. The van der Waals surface area contributed by atoms with Crippen molar-refractivity contribution in [3.05, 3.63) is 122 Å². The number of amides is 1. The van der Waals surface area contributed by atoms with Crippen LogP contribution in [-0.4, -0.2) is 23.1 Å². The first-order chi connectivity index (χ1) is 19.4. The summed E-state index contributed by atoms with van der Waals surface area (Å²) >= 11 is 15.9. The van der Waals surface area contributed by atoms with Crippen LogP contribution >= 0.6 is 39.1 Å². The van der Waals surface area contributed by atoms with Crippen molar-refractivity contribution in [3.8, 4) is 16.9 Å². The number of ether oxygens (including phenoxy) is 1. The standard InChI is InChI=1S/C31H22BrCl2N3O3/c1-2-18-6-5-8-24-27(23-7-3-4-9-25(23)34)29(36-28(18)24)30(38)37-35-17-20-16-21(32)12-15-26(20)40-31(39)19-10-13-22(33)14-11-19/h3-17,36H,2H2,1H3,(H,37,38). The number of nitrogens with zero attached hydrogens (tertiary/aromatic N) is 1. The second kappa shape index (κ2) is 12.1. The second-order valence-electron chi connectivity index (χ2n) is 8.83. The van der Waals surface area contributed by atoms with E-state index < -0.39 is 11.9 Å². The lowest BCUT2D eigenvalue weighted by molar-refractivity contribution is 0.0734. The summed E-state index contributed by atoms with van der Waals surface area (Å²) in [4.78, 5) is 29.4. The minimum Gasteiger partial charge on any atom is -0.422 e. The molecule has 4 aromatic carbocycles. The molecule has 1 amide bonds. The molecule has 1 heterocycles. The Labute approximate surface area is 249 Å². The highest BCUT2D eigenvalue weighted by molar-refractivity contribution is 9.10. The van der Waals surface area contributed by atoms with Gasteiger partial charge in [0.05, 0.1) is 11.8 Å². The molecule has 5 aromatic rings. The number of aryl methyl sites for hydroxylation is 1. The summed E-state index contributed by atoms with van der Waals surface area (Å²) in [5.41, 5.74) is 7.15. The van der Waals surface area contributed by atoms with E-state index >= 15 is 0 Å². The predicted octanol–water partition coefficient (Wildman–Crippen LogP) is 8.45. The lowest BCUT2D eigenvalue weighted by Gasteiger charge is -2.09. The van der Waals surface area contributed by atoms with Gasteiger partial charge in [-0.15, -0.1) is 0 Å². The zero-order chi connectivity index (χ0) is 28.2. The summed E-state index contributed by atoms with van der Waals surface area (Å²) in [5, 5.41) is 6.12.